The van der Waals surface area contributed by atoms with Crippen molar-refractivity contribution in [2.24, 2.45) is 5.92 Å². The molecule has 0 radical (unpaired) electrons. The van der Waals surface area contributed by atoms with Crippen LogP contribution in [0.5, 0.6) is 0 Å². The Hall–Kier alpha value is -2.68. The molecule has 0 saturated carbocycles. The van der Waals surface area contributed by atoms with Gasteiger partial charge in [0.25, 0.3) is 0 Å². The second-order valence-corrected chi connectivity index (χ2v) is 10.9. The fourth-order valence-corrected chi connectivity index (χ4v) is 5.60. The van der Waals surface area contributed by atoms with E-state index >= 15 is 0 Å². The maximum atomic E-state index is 13.0. The van der Waals surface area contributed by atoms with Crippen LogP contribution < -0.4 is 0 Å². The lowest BCUT2D eigenvalue weighted by molar-refractivity contribution is -0.133. The highest BCUT2D eigenvalue weighted by atomic mass is 32.2. The van der Waals surface area contributed by atoms with Crippen LogP contribution >= 0.6 is 0 Å². The summed E-state index contributed by atoms with van der Waals surface area (Å²) in [4.78, 5) is 30.5. The zero-order valence-electron chi connectivity index (χ0n) is 19.9. The lowest BCUT2D eigenvalue weighted by Crippen LogP contribution is -2.52. The Balaban J connectivity index is 1.49. The molecule has 0 aromatic heterocycles. The number of benzene rings is 1. The molecule has 2 aliphatic rings. The van der Waals surface area contributed by atoms with Gasteiger partial charge in [0, 0.05) is 52.4 Å². The van der Waals surface area contributed by atoms with E-state index < -0.39 is 10.0 Å². The number of ether oxygens (including phenoxy) is 1. The van der Waals surface area contributed by atoms with E-state index in [1.54, 1.807) is 21.9 Å². The third-order valence-electron chi connectivity index (χ3n) is 5.96. The van der Waals surface area contributed by atoms with E-state index in [1.165, 1.54) is 16.4 Å². The molecule has 2 aliphatic heterocycles. The number of nitriles is 1. The zero-order chi connectivity index (χ0) is 24.7. The number of sulfonamides is 1. The number of amides is 2. The van der Waals surface area contributed by atoms with Crippen molar-refractivity contribution < 1.29 is 22.7 Å². The van der Waals surface area contributed by atoms with Crippen molar-refractivity contribution >= 4 is 22.0 Å². The van der Waals surface area contributed by atoms with Crippen molar-refractivity contribution in [1.29, 1.82) is 5.26 Å². The molecule has 3 rings (SSSR count). The molecule has 1 aromatic rings. The van der Waals surface area contributed by atoms with Gasteiger partial charge in [0.05, 0.1) is 23.6 Å². The maximum absolute atomic E-state index is 13.0. The summed E-state index contributed by atoms with van der Waals surface area (Å²) >= 11 is 0. The number of carbonyl (C=O) groups excluding carboxylic acids is 2. The molecule has 0 unspecified atom stereocenters. The minimum Gasteiger partial charge on any atom is -0.449 e. The van der Waals surface area contributed by atoms with E-state index in [9.17, 15) is 23.3 Å². The quantitative estimate of drug-likeness (QED) is 0.587. The highest BCUT2D eigenvalue weighted by Crippen LogP contribution is 2.21. The van der Waals surface area contributed by atoms with E-state index in [4.69, 9.17) is 4.74 Å². The smallest absolute Gasteiger partial charge is 0.409 e. The Kier molecular flexibility index (Phi) is 8.88. The molecule has 0 aliphatic carbocycles. The fraction of sp³-hybridized carbons (Fsp3) is 0.609. The normalized spacial score (nSPS) is 18.4. The van der Waals surface area contributed by atoms with Crippen molar-refractivity contribution in [2.45, 2.75) is 25.2 Å². The van der Waals surface area contributed by atoms with Gasteiger partial charge in [0.2, 0.25) is 15.9 Å². The lowest BCUT2D eigenvalue weighted by Gasteiger charge is -2.35. The average molecular weight is 492 g/mol. The number of piperazine rings is 1. The first-order valence-corrected chi connectivity index (χ1v) is 13.1. The van der Waals surface area contributed by atoms with Gasteiger partial charge >= 0.3 is 6.09 Å². The van der Waals surface area contributed by atoms with Gasteiger partial charge in [-0.2, -0.15) is 9.57 Å². The molecule has 0 N–H and O–H groups in total. The van der Waals surface area contributed by atoms with Crippen LogP contribution in [0.15, 0.2) is 29.2 Å². The van der Waals surface area contributed by atoms with E-state index in [0.717, 1.165) is 6.42 Å². The highest BCUT2D eigenvalue weighted by Gasteiger charge is 2.32. The molecule has 11 heteroatoms. The predicted molar refractivity (Wildman–Crippen MR) is 125 cm³/mol. The number of carbonyl (C=O) groups is 2. The second kappa shape index (κ2) is 11.6. The van der Waals surface area contributed by atoms with Crippen molar-refractivity contribution in [3.63, 3.8) is 0 Å². The summed E-state index contributed by atoms with van der Waals surface area (Å²) in [7, 11) is -3.80. The predicted octanol–water partition coefficient (Wildman–Crippen LogP) is 1.19. The van der Waals surface area contributed by atoms with Crippen molar-refractivity contribution in [3.8, 4) is 6.07 Å². The minimum atomic E-state index is -3.80. The molecule has 2 amide bonds. The van der Waals surface area contributed by atoms with Crippen LogP contribution in [0.4, 0.5) is 4.79 Å². The van der Waals surface area contributed by atoms with Crippen LogP contribution in [0.1, 0.15) is 25.8 Å². The Labute approximate surface area is 201 Å². The van der Waals surface area contributed by atoms with Crippen LogP contribution in [0, 0.1) is 17.2 Å². The third kappa shape index (κ3) is 6.46. The summed E-state index contributed by atoms with van der Waals surface area (Å²) in [5.74, 6) is 0.229. The largest absolute Gasteiger partial charge is 0.449 e. The Morgan fingerprint density at radius 3 is 2.35 bits per heavy atom. The molecular weight excluding hydrogens is 458 g/mol. The number of hydrogen-bond donors (Lipinski definition) is 0. The highest BCUT2D eigenvalue weighted by molar-refractivity contribution is 7.89. The molecule has 1 aromatic carbocycles. The van der Waals surface area contributed by atoms with Gasteiger partial charge in [-0.25, -0.2) is 13.2 Å². The molecule has 0 atom stereocenters. The summed E-state index contributed by atoms with van der Waals surface area (Å²) in [6, 6.07) is 8.08. The summed E-state index contributed by atoms with van der Waals surface area (Å²) in [5, 5.41) is 9.25. The number of hydrogen-bond acceptors (Lipinski definition) is 7. The first-order chi connectivity index (χ1) is 16.2. The maximum Gasteiger partial charge on any atom is 0.409 e. The first-order valence-electron chi connectivity index (χ1n) is 11.6. The Bertz CT molecular complexity index is 1010. The Morgan fingerprint density at radius 1 is 1.00 bits per heavy atom. The SMILES string of the molecule is CC(C)COC(=O)N1CCCN(CC(=O)N2CCN(S(=O)(=O)c3ccccc3C#N)CC2)CC1. The molecule has 34 heavy (non-hydrogen) atoms. The molecule has 2 fully saturated rings. The van der Waals surface area contributed by atoms with Gasteiger partial charge in [-0.3, -0.25) is 9.69 Å². The molecule has 2 heterocycles. The van der Waals surface area contributed by atoms with Crippen LogP contribution in [0.25, 0.3) is 0 Å². The average Bonchev–Trinajstić information content (AvgIpc) is 3.08. The standard InChI is InChI=1S/C23H33N5O5S/c1-19(2)18-33-23(30)27-9-5-8-25(10-11-27)17-22(29)26-12-14-28(15-13-26)34(31,32)21-7-4-3-6-20(21)16-24/h3-4,6-7,19H,5,8-15,17-18H2,1-2H3. The Morgan fingerprint density at radius 2 is 1.68 bits per heavy atom. The fourth-order valence-electron chi connectivity index (χ4n) is 4.03. The van der Waals surface area contributed by atoms with Gasteiger partial charge in [0.1, 0.15) is 6.07 Å². The summed E-state index contributed by atoms with van der Waals surface area (Å²) in [6.45, 7) is 7.97. The van der Waals surface area contributed by atoms with Crippen LogP contribution in [0.3, 0.4) is 0 Å². The molecule has 186 valence electrons. The van der Waals surface area contributed by atoms with Crippen molar-refractivity contribution in [3.05, 3.63) is 29.8 Å². The molecule has 10 nitrogen and oxygen atoms in total. The summed E-state index contributed by atoms with van der Waals surface area (Å²) in [5.41, 5.74) is 0.115. The van der Waals surface area contributed by atoms with E-state index in [-0.39, 0.29) is 48.0 Å². The first kappa shape index (κ1) is 25.9. The molecular formula is C23H33N5O5S. The van der Waals surface area contributed by atoms with E-state index in [2.05, 4.69) is 0 Å². The molecule has 0 spiro atoms. The van der Waals surface area contributed by atoms with Gasteiger partial charge in [-0.05, 0) is 24.5 Å². The van der Waals surface area contributed by atoms with Crippen LogP contribution in [0.2, 0.25) is 0 Å². The zero-order valence-corrected chi connectivity index (χ0v) is 20.7. The van der Waals surface area contributed by atoms with Crippen molar-refractivity contribution in [1.82, 2.24) is 19.0 Å². The van der Waals surface area contributed by atoms with Crippen LogP contribution in [-0.2, 0) is 19.6 Å². The summed E-state index contributed by atoms with van der Waals surface area (Å²) < 4.78 is 32.6. The molecule has 0 bridgehead atoms. The van der Waals surface area contributed by atoms with Gasteiger partial charge in [0.15, 0.2) is 0 Å². The summed E-state index contributed by atoms with van der Waals surface area (Å²) in [6.07, 6.45) is 0.450. The van der Waals surface area contributed by atoms with Gasteiger partial charge in [-0.1, -0.05) is 26.0 Å². The van der Waals surface area contributed by atoms with Gasteiger partial charge in [-0.15, -0.1) is 0 Å². The third-order valence-corrected chi connectivity index (χ3v) is 7.92. The minimum absolute atomic E-state index is 0.00156. The number of nitrogens with zero attached hydrogens (tertiary/aromatic N) is 5. The molecule has 2 saturated heterocycles. The van der Waals surface area contributed by atoms with E-state index in [0.29, 0.717) is 45.9 Å². The van der Waals surface area contributed by atoms with Crippen LogP contribution in [-0.4, -0.2) is 105 Å². The van der Waals surface area contributed by atoms with Gasteiger partial charge < -0.3 is 14.5 Å². The van der Waals surface area contributed by atoms with Crippen molar-refractivity contribution in [2.75, 3.05) is 65.5 Å². The monoisotopic (exact) mass is 491 g/mol. The second-order valence-electron chi connectivity index (χ2n) is 8.98. The van der Waals surface area contributed by atoms with E-state index in [1.807, 2.05) is 24.8 Å². The topological polar surface area (TPSA) is 114 Å². The number of rotatable bonds is 6. The lowest BCUT2D eigenvalue weighted by atomic mass is 10.2.